The first-order valence-corrected chi connectivity index (χ1v) is 7.63. The molecule has 1 aromatic heterocycles. The zero-order valence-corrected chi connectivity index (χ0v) is 13.5. The molecule has 3 N–H and O–H groups in total. The number of benzene rings is 1. The van der Waals surface area contributed by atoms with Crippen molar-refractivity contribution >= 4 is 0 Å². The second kappa shape index (κ2) is 8.08. The van der Waals surface area contributed by atoms with E-state index in [0.29, 0.717) is 19.7 Å². The predicted octanol–water partition coefficient (Wildman–Crippen LogP) is 2.25. The second-order valence-electron chi connectivity index (χ2n) is 5.58. The fourth-order valence-electron chi connectivity index (χ4n) is 2.33. The summed E-state index contributed by atoms with van der Waals surface area (Å²) in [7, 11) is 0. The first-order chi connectivity index (χ1) is 10.6. The van der Waals surface area contributed by atoms with Gasteiger partial charge in [-0.15, -0.1) is 0 Å². The number of hydrogen-bond donors (Lipinski definition) is 3. The molecule has 0 aliphatic carbocycles. The summed E-state index contributed by atoms with van der Waals surface area (Å²) < 4.78 is 5.72. The van der Waals surface area contributed by atoms with Crippen molar-refractivity contribution in [2.24, 2.45) is 0 Å². The van der Waals surface area contributed by atoms with Gasteiger partial charge in [0, 0.05) is 24.3 Å². The third-order valence-corrected chi connectivity index (χ3v) is 3.77. The van der Waals surface area contributed by atoms with E-state index < -0.39 is 6.10 Å². The molecule has 0 aliphatic heterocycles. The number of ether oxygens (including phenoxy) is 1. The van der Waals surface area contributed by atoms with E-state index >= 15 is 0 Å². The third kappa shape index (κ3) is 4.66. The maximum atomic E-state index is 10.0. The minimum Gasteiger partial charge on any atom is -0.389 e. The van der Waals surface area contributed by atoms with Crippen LogP contribution in [0.5, 0.6) is 0 Å². The highest BCUT2D eigenvalue weighted by Crippen LogP contribution is 2.15. The highest BCUT2D eigenvalue weighted by Gasteiger charge is 2.11. The molecule has 0 saturated heterocycles. The lowest BCUT2D eigenvalue weighted by Gasteiger charge is -2.17. The van der Waals surface area contributed by atoms with E-state index in [1.54, 1.807) is 0 Å². The van der Waals surface area contributed by atoms with Crippen molar-refractivity contribution in [3.8, 4) is 0 Å². The van der Waals surface area contributed by atoms with Crippen LogP contribution < -0.4 is 5.32 Å². The highest BCUT2D eigenvalue weighted by molar-refractivity contribution is 5.22. The molecule has 0 saturated carbocycles. The standard InChI is InChI=1S/C17H25N3O2/c1-12-17(13(2)20-19-12)10-18-9-16(21)11-22-14(3)15-7-5-4-6-8-15/h4-8,14,16,18,21H,9-11H2,1-3H3,(H,19,20). The Bertz CT molecular complexity index is 549. The van der Waals surface area contributed by atoms with Crippen molar-refractivity contribution < 1.29 is 9.84 Å². The van der Waals surface area contributed by atoms with E-state index in [0.717, 1.165) is 22.5 Å². The molecular formula is C17H25N3O2. The Labute approximate surface area is 131 Å². The van der Waals surface area contributed by atoms with Gasteiger partial charge < -0.3 is 15.2 Å². The summed E-state index contributed by atoms with van der Waals surface area (Å²) in [5.74, 6) is 0. The van der Waals surface area contributed by atoms with Crippen LogP contribution in [-0.4, -0.2) is 34.6 Å². The number of hydrogen-bond acceptors (Lipinski definition) is 4. The Morgan fingerprint density at radius 3 is 2.64 bits per heavy atom. The van der Waals surface area contributed by atoms with Gasteiger partial charge in [-0.3, -0.25) is 5.10 Å². The summed E-state index contributed by atoms with van der Waals surface area (Å²) in [6.45, 7) is 7.46. The van der Waals surface area contributed by atoms with Crippen LogP contribution in [0.2, 0.25) is 0 Å². The smallest absolute Gasteiger partial charge is 0.0898 e. The predicted molar refractivity (Wildman–Crippen MR) is 86.6 cm³/mol. The molecule has 0 bridgehead atoms. The monoisotopic (exact) mass is 303 g/mol. The Kier molecular flexibility index (Phi) is 6.12. The van der Waals surface area contributed by atoms with Gasteiger partial charge in [-0.25, -0.2) is 0 Å². The van der Waals surface area contributed by atoms with Gasteiger partial charge in [0.05, 0.1) is 24.5 Å². The number of aryl methyl sites for hydroxylation is 2. The lowest BCUT2D eigenvalue weighted by atomic mass is 10.1. The number of rotatable bonds is 8. The van der Waals surface area contributed by atoms with Crippen molar-refractivity contribution in [2.75, 3.05) is 13.2 Å². The van der Waals surface area contributed by atoms with Crippen LogP contribution in [0, 0.1) is 13.8 Å². The zero-order valence-electron chi connectivity index (χ0n) is 13.5. The number of H-pyrrole nitrogens is 1. The molecule has 0 aliphatic rings. The number of aliphatic hydroxyl groups is 1. The Balaban J connectivity index is 1.69. The fourth-order valence-corrected chi connectivity index (χ4v) is 2.33. The molecule has 1 aromatic carbocycles. The number of aliphatic hydroxyl groups excluding tert-OH is 1. The van der Waals surface area contributed by atoms with Gasteiger partial charge in [-0.1, -0.05) is 30.3 Å². The maximum Gasteiger partial charge on any atom is 0.0898 e. The molecule has 2 aromatic rings. The van der Waals surface area contributed by atoms with E-state index in [4.69, 9.17) is 4.74 Å². The van der Waals surface area contributed by atoms with Gasteiger partial charge in [0.15, 0.2) is 0 Å². The maximum absolute atomic E-state index is 10.0. The van der Waals surface area contributed by atoms with E-state index in [9.17, 15) is 5.11 Å². The Hall–Kier alpha value is -1.69. The van der Waals surface area contributed by atoms with Gasteiger partial charge in [0.25, 0.3) is 0 Å². The molecule has 0 fully saturated rings. The molecule has 5 nitrogen and oxygen atoms in total. The number of nitrogens with zero attached hydrogens (tertiary/aromatic N) is 1. The minimum absolute atomic E-state index is 0.0192. The average Bonchev–Trinajstić information content (AvgIpc) is 2.85. The first kappa shape index (κ1) is 16.7. The van der Waals surface area contributed by atoms with Crippen LogP contribution in [0.3, 0.4) is 0 Å². The van der Waals surface area contributed by atoms with Gasteiger partial charge in [0.1, 0.15) is 0 Å². The molecule has 0 spiro atoms. The zero-order chi connectivity index (χ0) is 15.9. The lowest BCUT2D eigenvalue weighted by molar-refractivity contribution is -0.00212. The number of nitrogens with one attached hydrogen (secondary N) is 2. The normalized spacial score (nSPS) is 14.0. The SMILES string of the molecule is Cc1n[nH]c(C)c1CNCC(O)COC(C)c1ccccc1. The number of aromatic nitrogens is 2. The molecule has 0 radical (unpaired) electrons. The molecule has 1 heterocycles. The van der Waals surface area contributed by atoms with Gasteiger partial charge >= 0.3 is 0 Å². The van der Waals surface area contributed by atoms with Gasteiger partial charge in [-0.05, 0) is 26.3 Å². The van der Waals surface area contributed by atoms with Crippen molar-refractivity contribution in [1.82, 2.24) is 15.5 Å². The quantitative estimate of drug-likeness (QED) is 0.699. The van der Waals surface area contributed by atoms with Gasteiger partial charge in [-0.2, -0.15) is 5.10 Å². The highest BCUT2D eigenvalue weighted by atomic mass is 16.5. The second-order valence-corrected chi connectivity index (χ2v) is 5.58. The average molecular weight is 303 g/mol. The van der Waals surface area contributed by atoms with E-state index in [2.05, 4.69) is 15.5 Å². The van der Waals surface area contributed by atoms with E-state index in [-0.39, 0.29) is 6.10 Å². The van der Waals surface area contributed by atoms with Crippen LogP contribution in [-0.2, 0) is 11.3 Å². The number of aromatic amines is 1. The van der Waals surface area contributed by atoms with Crippen molar-refractivity contribution in [2.45, 2.75) is 39.5 Å². The minimum atomic E-state index is -0.529. The molecule has 2 atom stereocenters. The molecule has 5 heteroatoms. The summed E-state index contributed by atoms with van der Waals surface area (Å²) in [5.41, 5.74) is 4.33. The lowest BCUT2D eigenvalue weighted by Crippen LogP contribution is -2.30. The van der Waals surface area contributed by atoms with E-state index in [1.165, 1.54) is 0 Å². The van der Waals surface area contributed by atoms with E-state index in [1.807, 2.05) is 51.1 Å². The summed E-state index contributed by atoms with van der Waals surface area (Å²) in [4.78, 5) is 0. The van der Waals surface area contributed by atoms with Crippen molar-refractivity contribution in [1.29, 1.82) is 0 Å². The van der Waals surface area contributed by atoms with Crippen LogP contribution >= 0.6 is 0 Å². The van der Waals surface area contributed by atoms with Crippen LogP contribution in [0.1, 0.15) is 35.5 Å². The van der Waals surface area contributed by atoms with Crippen LogP contribution in [0.15, 0.2) is 30.3 Å². The largest absolute Gasteiger partial charge is 0.389 e. The third-order valence-electron chi connectivity index (χ3n) is 3.77. The molecule has 0 amide bonds. The molecule has 120 valence electrons. The molecule has 22 heavy (non-hydrogen) atoms. The molecule has 2 unspecified atom stereocenters. The topological polar surface area (TPSA) is 70.2 Å². The Morgan fingerprint density at radius 2 is 2.00 bits per heavy atom. The Morgan fingerprint density at radius 1 is 1.27 bits per heavy atom. The van der Waals surface area contributed by atoms with Crippen LogP contribution in [0.25, 0.3) is 0 Å². The molecule has 2 rings (SSSR count). The van der Waals surface area contributed by atoms with Crippen molar-refractivity contribution in [3.05, 3.63) is 52.8 Å². The summed E-state index contributed by atoms with van der Waals surface area (Å²) >= 11 is 0. The van der Waals surface area contributed by atoms with Crippen LogP contribution in [0.4, 0.5) is 0 Å². The summed E-state index contributed by atoms with van der Waals surface area (Å²) in [6, 6.07) is 10.0. The first-order valence-electron chi connectivity index (χ1n) is 7.63. The summed E-state index contributed by atoms with van der Waals surface area (Å²) in [6.07, 6.45) is -0.548. The van der Waals surface area contributed by atoms with Gasteiger partial charge in [0.2, 0.25) is 0 Å². The molecular weight excluding hydrogens is 278 g/mol. The summed E-state index contributed by atoms with van der Waals surface area (Å²) in [5, 5.41) is 20.4. The van der Waals surface area contributed by atoms with Crippen molar-refractivity contribution in [3.63, 3.8) is 0 Å². The fraction of sp³-hybridized carbons (Fsp3) is 0.471.